The fourth-order valence-electron chi connectivity index (χ4n) is 4.32. The molecule has 0 amide bonds. The minimum Gasteiger partial charge on any atom is -0.116 e. The zero-order chi connectivity index (χ0) is 15.5. The smallest absolute Gasteiger partial charge is 0.0223 e. The van der Waals surface area contributed by atoms with Crippen molar-refractivity contribution in [2.45, 2.75) is 97.3 Å². The third-order valence-electron chi connectivity index (χ3n) is 5.26. The Morgan fingerprint density at radius 1 is 0.700 bits per heavy atom. The Bertz CT molecular complexity index is 253. The lowest BCUT2D eigenvalue weighted by Crippen LogP contribution is -2.43. The Morgan fingerprint density at radius 3 is 1.30 bits per heavy atom. The van der Waals surface area contributed by atoms with Gasteiger partial charge in [-0.15, -0.1) is 17.2 Å². The molecule has 1 aliphatic rings. The molecular formula is C18H38P2. The van der Waals surface area contributed by atoms with Crippen LogP contribution in [0.3, 0.4) is 0 Å². The van der Waals surface area contributed by atoms with Crippen molar-refractivity contribution in [2.24, 2.45) is 17.3 Å². The van der Waals surface area contributed by atoms with Crippen LogP contribution in [0, 0.1) is 17.3 Å². The molecule has 1 aliphatic carbocycles. The molecular weight excluding hydrogens is 278 g/mol. The van der Waals surface area contributed by atoms with Crippen LogP contribution < -0.4 is 0 Å². The number of hydrogen-bond acceptors (Lipinski definition) is 0. The van der Waals surface area contributed by atoms with Crippen molar-refractivity contribution in [1.82, 2.24) is 0 Å². The number of hydrogen-bond donors (Lipinski definition) is 0. The second-order valence-electron chi connectivity index (χ2n) is 8.22. The van der Waals surface area contributed by atoms with Crippen molar-refractivity contribution >= 4 is 17.2 Å². The topological polar surface area (TPSA) is 0 Å². The summed E-state index contributed by atoms with van der Waals surface area (Å²) in [6, 6.07) is 0. The molecule has 0 bridgehead atoms. The minimum absolute atomic E-state index is 0.608. The van der Waals surface area contributed by atoms with Crippen LogP contribution in [0.15, 0.2) is 0 Å². The van der Waals surface area contributed by atoms with E-state index in [1.54, 1.807) is 0 Å². The van der Waals surface area contributed by atoms with Crippen LogP contribution in [0.1, 0.15) is 74.7 Å². The summed E-state index contributed by atoms with van der Waals surface area (Å²) in [5.41, 5.74) is 4.39. The molecule has 2 heteroatoms. The maximum Gasteiger partial charge on any atom is -0.0223 e. The normalized spacial score (nSPS) is 28.2. The van der Waals surface area contributed by atoms with Gasteiger partial charge in [-0.2, -0.15) is 0 Å². The monoisotopic (exact) mass is 316 g/mol. The predicted octanol–water partition coefficient (Wildman–Crippen LogP) is 6.38. The molecule has 0 radical (unpaired) electrons. The lowest BCUT2D eigenvalue weighted by atomic mass is 9.60. The molecule has 0 saturated heterocycles. The van der Waals surface area contributed by atoms with E-state index in [0.717, 1.165) is 34.5 Å². The van der Waals surface area contributed by atoms with E-state index in [0.29, 0.717) is 5.41 Å². The van der Waals surface area contributed by atoms with Gasteiger partial charge in [0.25, 0.3) is 0 Å². The molecule has 0 aliphatic heterocycles. The molecule has 0 N–H and O–H groups in total. The van der Waals surface area contributed by atoms with E-state index in [9.17, 15) is 0 Å². The summed E-state index contributed by atoms with van der Waals surface area (Å²) in [4.78, 5) is 0. The zero-order valence-corrected chi connectivity index (χ0v) is 17.1. The van der Waals surface area contributed by atoms with E-state index < -0.39 is 0 Å². The van der Waals surface area contributed by atoms with Crippen molar-refractivity contribution in [3.8, 4) is 0 Å². The third kappa shape index (κ3) is 4.95. The van der Waals surface area contributed by atoms with Crippen molar-refractivity contribution in [1.29, 1.82) is 0 Å². The molecule has 0 nitrogen and oxygen atoms in total. The van der Waals surface area contributed by atoms with Gasteiger partial charge in [-0.25, -0.2) is 0 Å². The summed E-state index contributed by atoms with van der Waals surface area (Å²) in [6.45, 7) is 19.6. The third-order valence-corrected chi connectivity index (χ3v) is 8.42. The summed E-state index contributed by atoms with van der Waals surface area (Å²) in [5.74, 6) is 1.67. The molecule has 1 rings (SSSR count). The van der Waals surface area contributed by atoms with Gasteiger partial charge in [0.2, 0.25) is 0 Å². The molecule has 0 heterocycles. The standard InChI is InChI=1S/C18H38P2/c1-12(2)18(13(3)4)10-16(19-14(5)6)9-17(11-18)20-15(7)8/h12-17,19-20H,9-11H2,1-8H3. The van der Waals surface area contributed by atoms with Gasteiger partial charge in [-0.3, -0.25) is 0 Å². The summed E-state index contributed by atoms with van der Waals surface area (Å²) < 4.78 is 0. The first-order chi connectivity index (χ1) is 9.17. The largest absolute Gasteiger partial charge is 0.116 e. The van der Waals surface area contributed by atoms with Crippen LogP contribution in [0.5, 0.6) is 0 Å². The van der Waals surface area contributed by atoms with Crippen LogP contribution in [0.4, 0.5) is 0 Å². The average Bonchev–Trinajstić information content (AvgIpc) is 2.25. The van der Waals surface area contributed by atoms with E-state index in [1.165, 1.54) is 36.4 Å². The fourth-order valence-corrected chi connectivity index (χ4v) is 8.28. The highest BCUT2D eigenvalue weighted by Gasteiger charge is 2.44. The van der Waals surface area contributed by atoms with Gasteiger partial charge < -0.3 is 0 Å². The van der Waals surface area contributed by atoms with Crippen LogP contribution >= 0.6 is 17.2 Å². The van der Waals surface area contributed by atoms with Crippen LogP contribution in [0.2, 0.25) is 0 Å². The Balaban J connectivity index is 2.92. The highest BCUT2D eigenvalue weighted by atomic mass is 31.1. The summed E-state index contributed by atoms with van der Waals surface area (Å²) in [7, 11) is 2.35. The van der Waals surface area contributed by atoms with Crippen LogP contribution in [0.25, 0.3) is 0 Å². The van der Waals surface area contributed by atoms with E-state index in [-0.39, 0.29) is 0 Å². The molecule has 120 valence electrons. The van der Waals surface area contributed by atoms with Gasteiger partial charge >= 0.3 is 0 Å². The van der Waals surface area contributed by atoms with Crippen molar-refractivity contribution in [3.63, 3.8) is 0 Å². The Hall–Kier alpha value is 0.860. The van der Waals surface area contributed by atoms with Gasteiger partial charge in [-0.05, 0) is 59.1 Å². The molecule has 4 unspecified atom stereocenters. The molecule has 4 atom stereocenters. The molecule has 0 spiro atoms. The van der Waals surface area contributed by atoms with Gasteiger partial charge in [-0.1, -0.05) is 55.4 Å². The van der Waals surface area contributed by atoms with E-state index in [1.807, 2.05) is 0 Å². The van der Waals surface area contributed by atoms with Gasteiger partial charge in [0.1, 0.15) is 0 Å². The molecule has 0 aromatic heterocycles. The van der Waals surface area contributed by atoms with E-state index in [2.05, 4.69) is 55.4 Å². The lowest BCUT2D eigenvalue weighted by Gasteiger charge is -2.51. The second-order valence-corrected chi connectivity index (χ2v) is 12.8. The molecule has 0 aromatic rings. The minimum atomic E-state index is 0.608. The Kier molecular flexibility index (Phi) is 7.49. The highest BCUT2D eigenvalue weighted by molar-refractivity contribution is 7.41. The van der Waals surface area contributed by atoms with Gasteiger partial charge in [0, 0.05) is 0 Å². The first-order valence-electron chi connectivity index (χ1n) is 8.69. The van der Waals surface area contributed by atoms with Crippen molar-refractivity contribution in [3.05, 3.63) is 0 Å². The van der Waals surface area contributed by atoms with Gasteiger partial charge in [0.05, 0.1) is 0 Å². The zero-order valence-electron chi connectivity index (χ0n) is 15.1. The molecule has 0 aromatic carbocycles. The first-order valence-corrected chi connectivity index (χ1v) is 11.0. The van der Waals surface area contributed by atoms with E-state index in [4.69, 9.17) is 0 Å². The predicted molar refractivity (Wildman–Crippen MR) is 100 cm³/mol. The quantitative estimate of drug-likeness (QED) is 0.499. The molecule has 20 heavy (non-hydrogen) atoms. The van der Waals surface area contributed by atoms with Crippen molar-refractivity contribution < 1.29 is 0 Å². The van der Waals surface area contributed by atoms with Gasteiger partial charge in [0.15, 0.2) is 0 Å². The van der Waals surface area contributed by atoms with Crippen LogP contribution in [-0.4, -0.2) is 22.6 Å². The second kappa shape index (κ2) is 7.92. The maximum atomic E-state index is 2.48. The molecule has 1 saturated carbocycles. The maximum absolute atomic E-state index is 2.48. The Labute approximate surface area is 132 Å². The first kappa shape index (κ1) is 18.9. The fraction of sp³-hybridized carbons (Fsp3) is 1.00. The Morgan fingerprint density at radius 2 is 1.05 bits per heavy atom. The molecule has 1 fully saturated rings. The summed E-state index contributed by atoms with van der Waals surface area (Å²) in [5, 5.41) is 0. The highest BCUT2D eigenvalue weighted by Crippen LogP contribution is 2.56. The van der Waals surface area contributed by atoms with Crippen LogP contribution in [-0.2, 0) is 0 Å². The summed E-state index contributed by atoms with van der Waals surface area (Å²) in [6.07, 6.45) is 4.52. The summed E-state index contributed by atoms with van der Waals surface area (Å²) >= 11 is 0. The lowest BCUT2D eigenvalue weighted by molar-refractivity contribution is 0.0637. The SMILES string of the molecule is CC(C)PC1CC(PC(C)C)CC(C(C)C)(C(C)C)C1. The van der Waals surface area contributed by atoms with E-state index >= 15 is 0 Å². The average molecular weight is 316 g/mol. The van der Waals surface area contributed by atoms with Crippen molar-refractivity contribution in [2.75, 3.05) is 0 Å². The number of rotatable bonds is 6.